The maximum Gasteiger partial charge on any atom is 0.271 e. The summed E-state index contributed by atoms with van der Waals surface area (Å²) in [4.78, 5) is 11.2. The Morgan fingerprint density at radius 3 is 2.69 bits per heavy atom. The summed E-state index contributed by atoms with van der Waals surface area (Å²) < 4.78 is 0. The molecule has 0 atom stereocenters. The van der Waals surface area contributed by atoms with Crippen LogP contribution in [0.3, 0.4) is 0 Å². The van der Waals surface area contributed by atoms with E-state index in [9.17, 15) is 9.90 Å². The molecule has 0 saturated heterocycles. The molecule has 0 heterocycles. The van der Waals surface area contributed by atoms with E-state index in [1.54, 1.807) is 18.2 Å². The lowest BCUT2D eigenvalue weighted by molar-refractivity contribution is -0.136. The Morgan fingerprint density at radius 2 is 2.12 bits per heavy atom. The monoisotopic (exact) mass is 240 g/mol. The van der Waals surface area contributed by atoms with E-state index in [1.165, 1.54) is 20.1 Å². The summed E-state index contributed by atoms with van der Waals surface area (Å²) in [6.07, 6.45) is 1.42. The molecule has 0 spiro atoms. The van der Waals surface area contributed by atoms with Crippen LogP contribution < -0.4 is 5.43 Å². The third-order valence-electron chi connectivity index (χ3n) is 1.83. The number of hydrogen-bond acceptors (Lipinski definition) is 3. The lowest BCUT2D eigenvalue weighted by Crippen LogP contribution is -2.39. The number of carbonyl (C=O) groups excluding carboxylic acids is 1. The summed E-state index contributed by atoms with van der Waals surface area (Å²) >= 11 is 5.88. The molecule has 1 aromatic carbocycles. The Morgan fingerprint density at radius 1 is 1.50 bits per heavy atom. The van der Waals surface area contributed by atoms with Crippen molar-refractivity contribution in [3.63, 3.8) is 0 Å². The Hall–Kier alpha value is -1.39. The van der Waals surface area contributed by atoms with Gasteiger partial charge in [0.2, 0.25) is 0 Å². The number of benzene rings is 1. The van der Waals surface area contributed by atoms with Crippen LogP contribution in [-0.4, -0.2) is 22.8 Å². The molecule has 86 valence electrons. The number of nitrogens with zero attached hydrogens (tertiary/aromatic N) is 1. The van der Waals surface area contributed by atoms with Crippen molar-refractivity contribution in [2.24, 2.45) is 5.10 Å². The normalized spacial score (nSPS) is 11.8. The first-order valence-electron chi connectivity index (χ1n) is 4.71. The Balaban J connectivity index is 2.63. The van der Waals surface area contributed by atoms with Crippen molar-refractivity contribution in [2.45, 2.75) is 19.4 Å². The standard InChI is InChI=1S/C11H13ClN2O2/c1-11(2,16)10(15)14-13-7-8-5-3-4-6-9(8)12/h3-7,16H,1-2H3,(H,14,15). The molecule has 1 rings (SSSR count). The molecule has 0 aliphatic heterocycles. The van der Waals surface area contributed by atoms with Gasteiger partial charge in [-0.05, 0) is 19.9 Å². The number of aliphatic hydroxyl groups is 1. The molecule has 0 fully saturated rings. The van der Waals surface area contributed by atoms with Gasteiger partial charge in [-0.1, -0.05) is 29.8 Å². The summed E-state index contributed by atoms with van der Waals surface area (Å²) in [6.45, 7) is 2.76. The average Bonchev–Trinajstić information content (AvgIpc) is 2.19. The molecule has 1 amide bonds. The van der Waals surface area contributed by atoms with Crippen LogP contribution >= 0.6 is 11.6 Å². The first kappa shape index (κ1) is 12.7. The largest absolute Gasteiger partial charge is 0.381 e. The van der Waals surface area contributed by atoms with Crippen LogP contribution in [0.5, 0.6) is 0 Å². The highest BCUT2D eigenvalue weighted by atomic mass is 35.5. The van der Waals surface area contributed by atoms with Crippen LogP contribution in [0.25, 0.3) is 0 Å². The number of halogens is 1. The van der Waals surface area contributed by atoms with E-state index in [0.29, 0.717) is 10.6 Å². The lowest BCUT2D eigenvalue weighted by atomic mass is 10.1. The van der Waals surface area contributed by atoms with Crippen molar-refractivity contribution in [3.05, 3.63) is 34.9 Å². The van der Waals surface area contributed by atoms with Crippen LogP contribution in [0.1, 0.15) is 19.4 Å². The Labute approximate surface area is 98.9 Å². The minimum absolute atomic E-state index is 0.545. The second kappa shape index (κ2) is 5.09. The molecule has 2 N–H and O–H groups in total. The highest BCUT2D eigenvalue weighted by Crippen LogP contribution is 2.12. The number of amides is 1. The van der Waals surface area contributed by atoms with E-state index in [4.69, 9.17) is 11.6 Å². The first-order valence-corrected chi connectivity index (χ1v) is 5.09. The summed E-state index contributed by atoms with van der Waals surface area (Å²) in [5.41, 5.74) is 1.47. The van der Waals surface area contributed by atoms with Crippen LogP contribution in [0.2, 0.25) is 5.02 Å². The van der Waals surface area contributed by atoms with Gasteiger partial charge in [0.1, 0.15) is 5.60 Å². The SMILES string of the molecule is CC(C)(O)C(=O)NN=Cc1ccccc1Cl. The van der Waals surface area contributed by atoms with Crippen molar-refractivity contribution in [1.29, 1.82) is 0 Å². The zero-order valence-electron chi connectivity index (χ0n) is 9.07. The minimum Gasteiger partial charge on any atom is -0.381 e. The van der Waals surface area contributed by atoms with Crippen molar-refractivity contribution in [1.82, 2.24) is 5.43 Å². The molecule has 0 aliphatic carbocycles. The molecule has 0 unspecified atom stereocenters. The van der Waals surface area contributed by atoms with Crippen LogP contribution in [0, 0.1) is 0 Å². The van der Waals surface area contributed by atoms with E-state index in [1.807, 2.05) is 6.07 Å². The first-order chi connectivity index (χ1) is 7.41. The number of nitrogens with one attached hydrogen (secondary N) is 1. The fraction of sp³-hybridized carbons (Fsp3) is 0.273. The number of carbonyl (C=O) groups is 1. The van der Waals surface area contributed by atoms with Crippen LogP contribution in [-0.2, 0) is 4.79 Å². The van der Waals surface area contributed by atoms with E-state index in [-0.39, 0.29) is 0 Å². The Kier molecular flexibility index (Phi) is 4.04. The Bertz CT molecular complexity index is 411. The van der Waals surface area contributed by atoms with Gasteiger partial charge in [0.05, 0.1) is 6.21 Å². The number of rotatable bonds is 3. The lowest BCUT2D eigenvalue weighted by Gasteiger charge is -2.13. The van der Waals surface area contributed by atoms with E-state index >= 15 is 0 Å². The smallest absolute Gasteiger partial charge is 0.271 e. The molecular formula is C11H13ClN2O2. The van der Waals surface area contributed by atoms with Gasteiger partial charge in [-0.15, -0.1) is 0 Å². The van der Waals surface area contributed by atoms with Gasteiger partial charge in [0, 0.05) is 10.6 Å². The molecule has 0 aliphatic rings. The molecule has 0 bridgehead atoms. The van der Waals surface area contributed by atoms with E-state index in [0.717, 1.165) is 0 Å². The zero-order chi connectivity index (χ0) is 12.2. The third-order valence-corrected chi connectivity index (χ3v) is 2.17. The summed E-state index contributed by atoms with van der Waals surface area (Å²) in [5.74, 6) is -0.573. The molecule has 4 nitrogen and oxygen atoms in total. The number of hydrazone groups is 1. The van der Waals surface area contributed by atoms with Crippen LogP contribution in [0.15, 0.2) is 29.4 Å². The molecule has 16 heavy (non-hydrogen) atoms. The van der Waals surface area contributed by atoms with Crippen molar-refractivity contribution < 1.29 is 9.90 Å². The van der Waals surface area contributed by atoms with E-state index < -0.39 is 11.5 Å². The van der Waals surface area contributed by atoms with Crippen molar-refractivity contribution >= 4 is 23.7 Å². The zero-order valence-corrected chi connectivity index (χ0v) is 9.82. The van der Waals surface area contributed by atoms with Crippen LogP contribution in [0.4, 0.5) is 0 Å². The van der Waals surface area contributed by atoms with Gasteiger partial charge < -0.3 is 5.11 Å². The van der Waals surface area contributed by atoms with Crippen molar-refractivity contribution in [2.75, 3.05) is 0 Å². The predicted octanol–water partition coefficient (Wildman–Crippen LogP) is 1.56. The van der Waals surface area contributed by atoms with E-state index in [2.05, 4.69) is 10.5 Å². The summed E-state index contributed by atoms with van der Waals surface area (Å²) in [5, 5.41) is 13.6. The average molecular weight is 241 g/mol. The minimum atomic E-state index is -1.45. The maximum atomic E-state index is 11.2. The third kappa shape index (κ3) is 3.64. The summed E-state index contributed by atoms with van der Waals surface area (Å²) in [7, 11) is 0. The number of hydrogen-bond donors (Lipinski definition) is 2. The van der Waals surface area contributed by atoms with Gasteiger partial charge >= 0.3 is 0 Å². The second-order valence-electron chi connectivity index (χ2n) is 3.78. The highest BCUT2D eigenvalue weighted by Gasteiger charge is 2.22. The molecule has 0 radical (unpaired) electrons. The molecular weight excluding hydrogens is 228 g/mol. The topological polar surface area (TPSA) is 61.7 Å². The maximum absolute atomic E-state index is 11.2. The molecule has 5 heteroatoms. The van der Waals surface area contributed by atoms with Gasteiger partial charge in [0.25, 0.3) is 5.91 Å². The van der Waals surface area contributed by atoms with Gasteiger partial charge in [-0.25, -0.2) is 5.43 Å². The fourth-order valence-corrected chi connectivity index (χ4v) is 1.06. The highest BCUT2D eigenvalue weighted by molar-refractivity contribution is 6.33. The van der Waals surface area contributed by atoms with Crippen molar-refractivity contribution in [3.8, 4) is 0 Å². The van der Waals surface area contributed by atoms with Gasteiger partial charge in [-0.2, -0.15) is 5.10 Å². The molecule has 0 aromatic heterocycles. The predicted molar refractivity (Wildman–Crippen MR) is 63.5 cm³/mol. The molecule has 0 saturated carbocycles. The quantitative estimate of drug-likeness (QED) is 0.622. The fourth-order valence-electron chi connectivity index (χ4n) is 0.877. The van der Waals surface area contributed by atoms with Gasteiger partial charge in [-0.3, -0.25) is 4.79 Å². The van der Waals surface area contributed by atoms with Gasteiger partial charge in [0.15, 0.2) is 0 Å². The second-order valence-corrected chi connectivity index (χ2v) is 4.19. The summed E-state index contributed by atoms with van der Waals surface area (Å²) in [6, 6.07) is 7.10. The molecule has 1 aromatic rings.